The number of nitrogens with two attached hydrogens (primary N) is 1. The lowest BCUT2D eigenvalue weighted by Crippen LogP contribution is -2.14. The molecule has 0 aliphatic carbocycles. The molecule has 0 atom stereocenters. The van der Waals surface area contributed by atoms with E-state index in [1.54, 1.807) is 18.2 Å². The maximum Gasteiger partial charge on any atom is 0.257 e. The van der Waals surface area contributed by atoms with Crippen LogP contribution >= 0.6 is 0 Å². The number of phenolic OH excluding ortho intramolecular Hbond substituents is 1. The number of aryl methyl sites for hydroxylation is 1. The van der Waals surface area contributed by atoms with Crippen molar-refractivity contribution in [2.24, 2.45) is 0 Å². The highest BCUT2D eigenvalue weighted by atomic mass is 16.3. The van der Waals surface area contributed by atoms with E-state index in [1.807, 2.05) is 12.1 Å². The van der Waals surface area contributed by atoms with Gasteiger partial charge in [-0.1, -0.05) is 19.4 Å². The van der Waals surface area contributed by atoms with E-state index in [9.17, 15) is 9.90 Å². The molecular weight excluding hydrogens is 252 g/mol. The number of amides is 1. The summed E-state index contributed by atoms with van der Waals surface area (Å²) >= 11 is 0. The predicted molar refractivity (Wildman–Crippen MR) is 80.9 cm³/mol. The first-order valence-electron chi connectivity index (χ1n) is 6.59. The molecule has 0 bridgehead atoms. The fourth-order valence-electron chi connectivity index (χ4n) is 2.01. The molecule has 0 heterocycles. The Morgan fingerprint density at radius 2 is 1.90 bits per heavy atom. The van der Waals surface area contributed by atoms with Crippen LogP contribution in [0.25, 0.3) is 0 Å². The van der Waals surface area contributed by atoms with E-state index in [0.717, 1.165) is 18.4 Å². The van der Waals surface area contributed by atoms with Crippen LogP contribution in [0, 0.1) is 0 Å². The van der Waals surface area contributed by atoms with Gasteiger partial charge in [0.15, 0.2) is 0 Å². The molecule has 0 saturated heterocycles. The van der Waals surface area contributed by atoms with Crippen molar-refractivity contribution in [3.05, 3.63) is 53.6 Å². The van der Waals surface area contributed by atoms with E-state index in [2.05, 4.69) is 12.2 Å². The summed E-state index contributed by atoms with van der Waals surface area (Å²) in [6.07, 6.45) is 1.99. The van der Waals surface area contributed by atoms with Crippen LogP contribution in [0.15, 0.2) is 42.5 Å². The Morgan fingerprint density at radius 3 is 2.50 bits per heavy atom. The standard InChI is InChI=1S/C16H18N2O2/c1-2-3-11-4-9-14(15(17)10-11)16(20)18-12-5-7-13(19)8-6-12/h4-10,19H,2-3,17H2,1H3,(H,18,20). The molecular formula is C16H18N2O2. The molecule has 0 fully saturated rings. The third-order valence-corrected chi connectivity index (χ3v) is 3.02. The van der Waals surface area contributed by atoms with Crippen molar-refractivity contribution in [1.82, 2.24) is 0 Å². The topological polar surface area (TPSA) is 75.3 Å². The smallest absolute Gasteiger partial charge is 0.257 e. The number of hydrogen-bond donors (Lipinski definition) is 3. The van der Waals surface area contributed by atoms with Crippen molar-refractivity contribution in [1.29, 1.82) is 0 Å². The minimum absolute atomic E-state index is 0.159. The summed E-state index contributed by atoms with van der Waals surface area (Å²) in [6, 6.07) is 11.8. The summed E-state index contributed by atoms with van der Waals surface area (Å²) < 4.78 is 0. The van der Waals surface area contributed by atoms with E-state index >= 15 is 0 Å². The Labute approximate surface area is 118 Å². The Hall–Kier alpha value is -2.49. The number of nitrogen functional groups attached to an aromatic ring is 1. The first kappa shape index (κ1) is 13.9. The lowest BCUT2D eigenvalue weighted by molar-refractivity contribution is 0.102. The second-order valence-electron chi connectivity index (χ2n) is 4.67. The molecule has 4 nitrogen and oxygen atoms in total. The van der Waals surface area contributed by atoms with Crippen LogP contribution < -0.4 is 11.1 Å². The summed E-state index contributed by atoms with van der Waals surface area (Å²) in [6.45, 7) is 2.10. The van der Waals surface area contributed by atoms with Crippen LogP contribution in [0.5, 0.6) is 5.75 Å². The quantitative estimate of drug-likeness (QED) is 0.590. The maximum atomic E-state index is 12.1. The van der Waals surface area contributed by atoms with Gasteiger partial charge in [-0.2, -0.15) is 0 Å². The maximum absolute atomic E-state index is 12.1. The lowest BCUT2D eigenvalue weighted by atomic mass is 10.1. The second-order valence-corrected chi connectivity index (χ2v) is 4.67. The number of carbonyl (C=O) groups is 1. The zero-order valence-corrected chi connectivity index (χ0v) is 11.4. The molecule has 0 unspecified atom stereocenters. The lowest BCUT2D eigenvalue weighted by Gasteiger charge is -2.09. The first-order chi connectivity index (χ1) is 9.60. The third kappa shape index (κ3) is 3.29. The summed E-state index contributed by atoms with van der Waals surface area (Å²) in [5.74, 6) is -0.0948. The average molecular weight is 270 g/mol. The van der Waals surface area contributed by atoms with E-state index in [-0.39, 0.29) is 11.7 Å². The van der Waals surface area contributed by atoms with E-state index in [1.165, 1.54) is 12.1 Å². The minimum atomic E-state index is -0.253. The van der Waals surface area contributed by atoms with Crippen molar-refractivity contribution < 1.29 is 9.90 Å². The van der Waals surface area contributed by atoms with Gasteiger partial charge in [-0.15, -0.1) is 0 Å². The number of phenols is 1. The van der Waals surface area contributed by atoms with E-state index in [0.29, 0.717) is 16.9 Å². The van der Waals surface area contributed by atoms with Crippen molar-refractivity contribution in [2.45, 2.75) is 19.8 Å². The van der Waals surface area contributed by atoms with Gasteiger partial charge in [0.25, 0.3) is 5.91 Å². The Kier molecular flexibility index (Phi) is 4.25. The fraction of sp³-hybridized carbons (Fsp3) is 0.188. The monoisotopic (exact) mass is 270 g/mol. The molecule has 1 amide bonds. The van der Waals surface area contributed by atoms with Crippen molar-refractivity contribution >= 4 is 17.3 Å². The Bertz CT molecular complexity index is 606. The molecule has 4 N–H and O–H groups in total. The number of hydrogen-bond acceptors (Lipinski definition) is 3. The van der Waals surface area contributed by atoms with Gasteiger partial charge in [0.2, 0.25) is 0 Å². The Morgan fingerprint density at radius 1 is 1.20 bits per heavy atom. The summed E-state index contributed by atoms with van der Waals surface area (Å²) in [5.41, 5.74) is 8.61. The molecule has 0 aromatic heterocycles. The van der Waals surface area contributed by atoms with Gasteiger partial charge < -0.3 is 16.2 Å². The van der Waals surface area contributed by atoms with Crippen molar-refractivity contribution in [3.63, 3.8) is 0 Å². The Balaban J connectivity index is 2.14. The molecule has 0 aliphatic rings. The molecule has 0 saturated carbocycles. The SMILES string of the molecule is CCCc1ccc(C(=O)Nc2ccc(O)cc2)c(N)c1. The molecule has 2 rings (SSSR count). The number of rotatable bonds is 4. The normalized spacial score (nSPS) is 10.2. The van der Waals surface area contributed by atoms with Gasteiger partial charge in [0.1, 0.15) is 5.75 Å². The van der Waals surface area contributed by atoms with Crippen molar-refractivity contribution in [2.75, 3.05) is 11.1 Å². The van der Waals surface area contributed by atoms with Gasteiger partial charge in [0, 0.05) is 11.4 Å². The second kappa shape index (κ2) is 6.10. The zero-order valence-electron chi connectivity index (χ0n) is 11.4. The average Bonchev–Trinajstić information content (AvgIpc) is 2.42. The number of anilines is 2. The molecule has 4 heteroatoms. The summed E-state index contributed by atoms with van der Waals surface area (Å²) in [5, 5.41) is 11.9. The highest BCUT2D eigenvalue weighted by Gasteiger charge is 2.10. The summed E-state index contributed by atoms with van der Waals surface area (Å²) in [4.78, 5) is 12.1. The molecule has 2 aromatic carbocycles. The van der Waals surface area contributed by atoms with Gasteiger partial charge >= 0.3 is 0 Å². The predicted octanol–water partition coefficient (Wildman–Crippen LogP) is 3.18. The number of benzene rings is 2. The number of carbonyl (C=O) groups excluding carboxylic acids is 1. The van der Waals surface area contributed by atoms with Crippen LogP contribution in [0.1, 0.15) is 29.3 Å². The number of nitrogens with one attached hydrogen (secondary N) is 1. The van der Waals surface area contributed by atoms with Gasteiger partial charge in [0.05, 0.1) is 5.56 Å². The van der Waals surface area contributed by atoms with Crippen LogP contribution in [0.2, 0.25) is 0 Å². The highest BCUT2D eigenvalue weighted by molar-refractivity contribution is 6.07. The zero-order chi connectivity index (χ0) is 14.5. The van der Waals surface area contributed by atoms with Crippen LogP contribution in [-0.4, -0.2) is 11.0 Å². The molecule has 2 aromatic rings. The van der Waals surface area contributed by atoms with Gasteiger partial charge in [-0.3, -0.25) is 4.79 Å². The summed E-state index contributed by atoms with van der Waals surface area (Å²) in [7, 11) is 0. The molecule has 104 valence electrons. The molecule has 20 heavy (non-hydrogen) atoms. The first-order valence-corrected chi connectivity index (χ1v) is 6.59. The molecule has 0 spiro atoms. The fourth-order valence-corrected chi connectivity index (χ4v) is 2.01. The van der Waals surface area contributed by atoms with E-state index in [4.69, 9.17) is 5.73 Å². The third-order valence-electron chi connectivity index (χ3n) is 3.02. The van der Waals surface area contributed by atoms with Crippen LogP contribution in [-0.2, 0) is 6.42 Å². The van der Waals surface area contributed by atoms with E-state index < -0.39 is 0 Å². The van der Waals surface area contributed by atoms with Crippen molar-refractivity contribution in [3.8, 4) is 5.75 Å². The molecule has 0 radical (unpaired) electrons. The van der Waals surface area contributed by atoms with Crippen LogP contribution in [0.4, 0.5) is 11.4 Å². The highest BCUT2D eigenvalue weighted by Crippen LogP contribution is 2.19. The largest absolute Gasteiger partial charge is 0.508 e. The van der Waals surface area contributed by atoms with Crippen LogP contribution in [0.3, 0.4) is 0 Å². The minimum Gasteiger partial charge on any atom is -0.508 e. The van der Waals surface area contributed by atoms with Gasteiger partial charge in [-0.05, 0) is 48.4 Å². The van der Waals surface area contributed by atoms with Gasteiger partial charge in [-0.25, -0.2) is 0 Å². The number of aromatic hydroxyl groups is 1. The molecule has 0 aliphatic heterocycles.